The van der Waals surface area contributed by atoms with Crippen molar-refractivity contribution in [1.82, 2.24) is 0 Å². The summed E-state index contributed by atoms with van der Waals surface area (Å²) in [5.41, 5.74) is 4.14. The van der Waals surface area contributed by atoms with Gasteiger partial charge in [-0.1, -0.05) is 30.7 Å². The van der Waals surface area contributed by atoms with E-state index in [0.29, 0.717) is 15.6 Å². The van der Waals surface area contributed by atoms with E-state index in [-0.39, 0.29) is 12.3 Å². The molecular weight excluding hydrogens is 342 g/mol. The average molecular weight is 364 g/mol. The van der Waals surface area contributed by atoms with Gasteiger partial charge in [-0.15, -0.1) is 0 Å². The van der Waals surface area contributed by atoms with Crippen LogP contribution in [-0.4, -0.2) is 18.4 Å². The van der Waals surface area contributed by atoms with Crippen LogP contribution < -0.4 is 9.80 Å². The standard InChI is InChI=1S/C19H22ClNO4/c1-5-14-9-12(2)13(3)10-18(14)25-11-15-16(20)7-6-8-17(15)21(23)19(22)24-4/h6-10,23H,5,11H2,1-4H3. The lowest BCUT2D eigenvalue weighted by molar-refractivity contribution is 0.140. The zero-order chi connectivity index (χ0) is 18.6. The number of carbonyl (C=O) groups excluding carboxylic acids is 1. The first-order valence-electron chi connectivity index (χ1n) is 7.96. The van der Waals surface area contributed by atoms with Crippen LogP contribution >= 0.6 is 11.6 Å². The SMILES string of the molecule is CCc1cc(C)c(C)cc1OCc1c(Cl)cccc1N(O)C(=O)OC. The van der Waals surface area contributed by atoms with Crippen LogP contribution in [0.25, 0.3) is 0 Å². The van der Waals surface area contributed by atoms with Crippen LogP contribution in [0.3, 0.4) is 0 Å². The Hall–Kier alpha value is -2.24. The Balaban J connectivity index is 2.33. The van der Waals surface area contributed by atoms with Gasteiger partial charge in [-0.25, -0.2) is 4.79 Å². The highest BCUT2D eigenvalue weighted by atomic mass is 35.5. The Morgan fingerprint density at radius 3 is 2.56 bits per heavy atom. The van der Waals surface area contributed by atoms with Crippen LogP contribution in [0.2, 0.25) is 5.02 Å². The van der Waals surface area contributed by atoms with Crippen LogP contribution in [0.1, 0.15) is 29.2 Å². The lowest BCUT2D eigenvalue weighted by Gasteiger charge is -2.19. The summed E-state index contributed by atoms with van der Waals surface area (Å²) in [6.45, 7) is 6.25. The van der Waals surface area contributed by atoms with Crippen LogP contribution in [0.4, 0.5) is 10.5 Å². The number of benzene rings is 2. The lowest BCUT2D eigenvalue weighted by Crippen LogP contribution is -2.28. The number of nitrogens with zero attached hydrogens (tertiary/aromatic N) is 1. The molecule has 0 atom stereocenters. The second kappa shape index (κ2) is 8.23. The van der Waals surface area contributed by atoms with E-state index in [0.717, 1.165) is 23.3 Å². The minimum absolute atomic E-state index is 0.110. The number of hydrogen-bond acceptors (Lipinski definition) is 4. The van der Waals surface area contributed by atoms with Gasteiger partial charge in [0.05, 0.1) is 12.8 Å². The summed E-state index contributed by atoms with van der Waals surface area (Å²) >= 11 is 6.25. The number of hydroxylamine groups is 1. The molecule has 2 aromatic carbocycles. The Labute approximate surface area is 152 Å². The maximum Gasteiger partial charge on any atom is 0.438 e. The highest BCUT2D eigenvalue weighted by Gasteiger charge is 2.20. The quantitative estimate of drug-likeness (QED) is 0.595. The second-order valence-electron chi connectivity index (χ2n) is 5.71. The summed E-state index contributed by atoms with van der Waals surface area (Å²) in [7, 11) is 1.19. The van der Waals surface area contributed by atoms with Gasteiger partial charge in [0.25, 0.3) is 0 Å². The minimum Gasteiger partial charge on any atom is -0.488 e. The monoisotopic (exact) mass is 363 g/mol. The van der Waals surface area contributed by atoms with Crippen LogP contribution in [0.15, 0.2) is 30.3 Å². The summed E-state index contributed by atoms with van der Waals surface area (Å²) in [4.78, 5) is 11.6. The number of rotatable bonds is 5. The molecule has 5 nitrogen and oxygen atoms in total. The third kappa shape index (κ3) is 4.24. The van der Waals surface area contributed by atoms with Crippen molar-refractivity contribution < 1.29 is 19.5 Å². The molecule has 0 aromatic heterocycles. The van der Waals surface area contributed by atoms with Crippen molar-refractivity contribution in [2.75, 3.05) is 12.2 Å². The predicted octanol–water partition coefficient (Wildman–Crippen LogP) is 5.06. The molecule has 0 saturated carbocycles. The fourth-order valence-electron chi connectivity index (χ4n) is 2.48. The van der Waals surface area contributed by atoms with Crippen molar-refractivity contribution >= 4 is 23.4 Å². The molecule has 25 heavy (non-hydrogen) atoms. The number of anilines is 1. The molecule has 0 aliphatic heterocycles. The lowest BCUT2D eigenvalue weighted by atomic mass is 10.0. The van der Waals surface area contributed by atoms with Crippen molar-refractivity contribution in [3.8, 4) is 5.75 Å². The first-order chi connectivity index (χ1) is 11.9. The number of halogens is 1. The summed E-state index contributed by atoms with van der Waals surface area (Å²) in [5, 5.41) is 10.8. The Kier molecular flexibility index (Phi) is 6.28. The molecule has 0 bridgehead atoms. The Morgan fingerprint density at radius 2 is 1.92 bits per heavy atom. The van der Waals surface area contributed by atoms with E-state index in [2.05, 4.69) is 24.7 Å². The zero-order valence-electron chi connectivity index (χ0n) is 14.8. The maximum absolute atomic E-state index is 11.6. The molecule has 0 spiro atoms. The molecule has 0 aliphatic carbocycles. The highest BCUT2D eigenvalue weighted by molar-refractivity contribution is 6.31. The van der Waals surface area contributed by atoms with Crippen molar-refractivity contribution in [1.29, 1.82) is 0 Å². The maximum atomic E-state index is 11.6. The molecule has 6 heteroatoms. The van der Waals surface area contributed by atoms with Crippen LogP contribution in [-0.2, 0) is 17.8 Å². The van der Waals surface area contributed by atoms with E-state index in [1.54, 1.807) is 18.2 Å². The first-order valence-corrected chi connectivity index (χ1v) is 8.34. The molecule has 1 N–H and O–H groups in total. The van der Waals surface area contributed by atoms with Gasteiger partial charge >= 0.3 is 6.09 Å². The smallest absolute Gasteiger partial charge is 0.438 e. The largest absolute Gasteiger partial charge is 0.488 e. The molecule has 134 valence electrons. The topological polar surface area (TPSA) is 59.0 Å². The van der Waals surface area contributed by atoms with E-state index in [1.807, 2.05) is 13.0 Å². The normalized spacial score (nSPS) is 10.5. The van der Waals surface area contributed by atoms with Gasteiger partial charge in [-0.3, -0.25) is 5.21 Å². The molecule has 0 fully saturated rings. The van der Waals surface area contributed by atoms with Crippen molar-refractivity contribution in [2.24, 2.45) is 0 Å². The predicted molar refractivity (Wildman–Crippen MR) is 97.7 cm³/mol. The third-order valence-electron chi connectivity index (χ3n) is 4.10. The van der Waals surface area contributed by atoms with Gasteiger partial charge in [0.15, 0.2) is 0 Å². The fourth-order valence-corrected chi connectivity index (χ4v) is 2.71. The third-order valence-corrected chi connectivity index (χ3v) is 4.45. The number of hydrogen-bond donors (Lipinski definition) is 1. The minimum atomic E-state index is -0.899. The average Bonchev–Trinajstić information content (AvgIpc) is 2.61. The van der Waals surface area contributed by atoms with Crippen molar-refractivity contribution in [3.05, 3.63) is 57.6 Å². The van der Waals surface area contributed by atoms with Crippen molar-refractivity contribution in [3.63, 3.8) is 0 Å². The van der Waals surface area contributed by atoms with Crippen molar-refractivity contribution in [2.45, 2.75) is 33.8 Å². The number of methoxy groups -OCH3 is 1. The van der Waals surface area contributed by atoms with E-state index < -0.39 is 6.09 Å². The number of ether oxygens (including phenoxy) is 2. The van der Waals surface area contributed by atoms with Crippen LogP contribution in [0, 0.1) is 13.8 Å². The molecule has 0 heterocycles. The summed E-state index contributed by atoms with van der Waals surface area (Å²) < 4.78 is 10.5. The van der Waals surface area contributed by atoms with E-state index in [4.69, 9.17) is 16.3 Å². The first kappa shape index (κ1) is 19.1. The molecule has 0 unspecified atom stereocenters. The van der Waals surface area contributed by atoms with Gasteiger partial charge < -0.3 is 9.47 Å². The van der Waals surface area contributed by atoms with Gasteiger partial charge in [-0.2, -0.15) is 5.06 Å². The van der Waals surface area contributed by atoms with Gasteiger partial charge in [0, 0.05) is 10.6 Å². The molecular formula is C19H22ClNO4. The van der Waals surface area contributed by atoms with Gasteiger partial charge in [0.2, 0.25) is 0 Å². The zero-order valence-corrected chi connectivity index (χ0v) is 15.6. The van der Waals surface area contributed by atoms with Gasteiger partial charge in [-0.05, 0) is 55.2 Å². The Bertz CT molecular complexity index is 776. The van der Waals surface area contributed by atoms with E-state index in [1.165, 1.54) is 12.7 Å². The number of carbonyl (C=O) groups is 1. The van der Waals surface area contributed by atoms with Crippen LogP contribution in [0.5, 0.6) is 5.75 Å². The molecule has 2 aromatic rings. The molecule has 1 amide bonds. The Morgan fingerprint density at radius 1 is 1.24 bits per heavy atom. The fraction of sp³-hybridized carbons (Fsp3) is 0.316. The molecule has 0 aliphatic rings. The molecule has 0 saturated heterocycles. The highest BCUT2D eigenvalue weighted by Crippen LogP contribution is 2.30. The number of aryl methyl sites for hydroxylation is 3. The number of amides is 1. The molecule has 0 radical (unpaired) electrons. The molecule has 2 rings (SSSR count). The van der Waals surface area contributed by atoms with Gasteiger partial charge in [0.1, 0.15) is 12.4 Å². The van der Waals surface area contributed by atoms with E-state index in [9.17, 15) is 10.0 Å². The summed E-state index contributed by atoms with van der Waals surface area (Å²) in [5.74, 6) is 0.763. The summed E-state index contributed by atoms with van der Waals surface area (Å²) in [6, 6.07) is 8.98. The summed E-state index contributed by atoms with van der Waals surface area (Å²) in [6.07, 6.45) is -0.0657. The second-order valence-corrected chi connectivity index (χ2v) is 6.11. The van der Waals surface area contributed by atoms with E-state index >= 15 is 0 Å².